The van der Waals surface area contributed by atoms with Crippen molar-refractivity contribution in [3.05, 3.63) is 35.9 Å². The van der Waals surface area contributed by atoms with Gasteiger partial charge in [0, 0.05) is 32.9 Å². The largest absolute Gasteiger partial charge is 0.379 e. The molecule has 110 valence electrons. The molecule has 0 bridgehead atoms. The van der Waals surface area contributed by atoms with E-state index >= 15 is 0 Å². The Morgan fingerprint density at radius 3 is 2.80 bits per heavy atom. The second kappa shape index (κ2) is 7.72. The van der Waals surface area contributed by atoms with Crippen LogP contribution in [0.3, 0.4) is 0 Å². The summed E-state index contributed by atoms with van der Waals surface area (Å²) in [7, 11) is 2.08. The van der Waals surface area contributed by atoms with Gasteiger partial charge in [-0.3, -0.25) is 4.90 Å². The van der Waals surface area contributed by atoms with Crippen molar-refractivity contribution in [3.63, 3.8) is 0 Å². The smallest absolute Gasteiger partial charge is 0.0594 e. The van der Waals surface area contributed by atoms with Crippen LogP contribution < -0.4 is 4.31 Å². The molecule has 1 fully saturated rings. The van der Waals surface area contributed by atoms with Crippen LogP contribution in [0.1, 0.15) is 11.1 Å². The van der Waals surface area contributed by atoms with Crippen LogP contribution in [0, 0.1) is 0 Å². The molecule has 0 amide bonds. The van der Waals surface area contributed by atoms with Crippen molar-refractivity contribution in [3.8, 4) is 0 Å². The van der Waals surface area contributed by atoms with E-state index in [1.54, 1.807) is 11.9 Å². The fraction of sp³-hybridized carbons (Fsp3) is 0.500. The first-order chi connectivity index (χ1) is 9.74. The van der Waals surface area contributed by atoms with Gasteiger partial charge in [0.1, 0.15) is 0 Å². The van der Waals surface area contributed by atoms with Crippen LogP contribution in [0.25, 0.3) is 6.08 Å². The summed E-state index contributed by atoms with van der Waals surface area (Å²) in [6.07, 6.45) is 5.11. The SMILES string of the molecule is C=Cc1cc(CCN2CCOCC2)ccc1N(C)SC. The molecule has 0 N–H and O–H groups in total. The first-order valence-electron chi connectivity index (χ1n) is 7.08. The third-order valence-electron chi connectivity index (χ3n) is 3.75. The molecule has 1 aromatic rings. The van der Waals surface area contributed by atoms with Crippen LogP contribution in [0.2, 0.25) is 0 Å². The molecule has 1 aliphatic heterocycles. The fourth-order valence-electron chi connectivity index (χ4n) is 2.42. The van der Waals surface area contributed by atoms with E-state index < -0.39 is 0 Å². The van der Waals surface area contributed by atoms with Gasteiger partial charge in [-0.05, 0) is 29.7 Å². The van der Waals surface area contributed by atoms with E-state index in [0.29, 0.717) is 0 Å². The number of hydrogen-bond donors (Lipinski definition) is 0. The van der Waals surface area contributed by atoms with Crippen molar-refractivity contribution in [1.29, 1.82) is 0 Å². The van der Waals surface area contributed by atoms with E-state index in [9.17, 15) is 0 Å². The van der Waals surface area contributed by atoms with E-state index in [1.807, 2.05) is 6.08 Å². The molecule has 0 saturated carbocycles. The maximum Gasteiger partial charge on any atom is 0.0594 e. The molecular formula is C16H24N2OS. The predicted molar refractivity (Wildman–Crippen MR) is 89.4 cm³/mol. The standard InChI is InChI=1S/C16H24N2OS/c1-4-15-13-14(5-6-16(15)17(2)20-3)7-8-18-9-11-19-12-10-18/h4-6,13H,1,7-12H2,2-3H3. The topological polar surface area (TPSA) is 15.7 Å². The molecule has 2 rings (SSSR count). The minimum Gasteiger partial charge on any atom is -0.379 e. The number of benzene rings is 1. The molecule has 0 aromatic heterocycles. The molecule has 0 unspecified atom stereocenters. The lowest BCUT2D eigenvalue weighted by Crippen LogP contribution is -2.37. The van der Waals surface area contributed by atoms with Crippen molar-refractivity contribution in [2.75, 3.05) is 50.5 Å². The molecule has 0 aliphatic carbocycles. The van der Waals surface area contributed by atoms with Crippen LogP contribution in [-0.2, 0) is 11.2 Å². The molecule has 0 atom stereocenters. The van der Waals surface area contributed by atoms with Gasteiger partial charge in [0.2, 0.25) is 0 Å². The summed E-state index contributed by atoms with van der Waals surface area (Å²) in [6, 6.07) is 6.69. The highest BCUT2D eigenvalue weighted by Crippen LogP contribution is 2.26. The van der Waals surface area contributed by atoms with Crippen molar-refractivity contribution >= 4 is 23.7 Å². The Hall–Kier alpha value is -0.970. The molecule has 1 heterocycles. The van der Waals surface area contributed by atoms with Gasteiger partial charge < -0.3 is 9.04 Å². The first-order valence-corrected chi connectivity index (χ1v) is 8.26. The Kier molecular flexibility index (Phi) is 5.95. The number of nitrogens with zero attached hydrogens (tertiary/aromatic N) is 2. The van der Waals surface area contributed by atoms with Crippen molar-refractivity contribution in [1.82, 2.24) is 4.90 Å². The molecular weight excluding hydrogens is 268 g/mol. The Morgan fingerprint density at radius 1 is 1.40 bits per heavy atom. The minimum absolute atomic E-state index is 0.870. The maximum atomic E-state index is 5.38. The zero-order valence-corrected chi connectivity index (χ0v) is 13.3. The van der Waals surface area contributed by atoms with Crippen LogP contribution in [0.4, 0.5) is 5.69 Å². The number of hydrogen-bond acceptors (Lipinski definition) is 4. The molecule has 1 aliphatic rings. The second-order valence-electron chi connectivity index (χ2n) is 4.98. The van der Waals surface area contributed by atoms with Crippen LogP contribution in [-0.4, -0.2) is 51.1 Å². The molecule has 1 saturated heterocycles. The number of ether oxygens (including phenoxy) is 1. The summed E-state index contributed by atoms with van der Waals surface area (Å²) >= 11 is 1.71. The average molecular weight is 292 g/mol. The predicted octanol–water partition coefficient (Wildman–Crippen LogP) is 2.92. The summed E-state index contributed by atoms with van der Waals surface area (Å²) < 4.78 is 7.55. The van der Waals surface area contributed by atoms with Crippen LogP contribution in [0.5, 0.6) is 0 Å². The van der Waals surface area contributed by atoms with Crippen molar-refractivity contribution in [2.45, 2.75) is 6.42 Å². The molecule has 0 radical (unpaired) electrons. The molecule has 4 heteroatoms. The van der Waals surface area contributed by atoms with Gasteiger partial charge in [-0.2, -0.15) is 0 Å². The van der Waals surface area contributed by atoms with Gasteiger partial charge in [-0.25, -0.2) is 0 Å². The summed E-state index contributed by atoms with van der Waals surface area (Å²) in [5.41, 5.74) is 3.81. The highest BCUT2D eigenvalue weighted by atomic mass is 32.2. The summed E-state index contributed by atoms with van der Waals surface area (Å²) in [5.74, 6) is 0. The molecule has 0 spiro atoms. The highest BCUT2D eigenvalue weighted by molar-refractivity contribution is 7.99. The van der Waals surface area contributed by atoms with Crippen LogP contribution in [0.15, 0.2) is 24.8 Å². The molecule has 3 nitrogen and oxygen atoms in total. The Labute approximate surface area is 126 Å². The number of rotatable bonds is 6. The lowest BCUT2D eigenvalue weighted by Gasteiger charge is -2.26. The van der Waals surface area contributed by atoms with Crippen LogP contribution >= 0.6 is 11.9 Å². The Bertz CT molecular complexity index is 444. The minimum atomic E-state index is 0.870. The third-order valence-corrected chi connectivity index (χ3v) is 4.49. The second-order valence-corrected chi connectivity index (χ2v) is 5.89. The fourth-order valence-corrected chi connectivity index (χ4v) is 2.78. The quantitative estimate of drug-likeness (QED) is 0.749. The maximum absolute atomic E-state index is 5.38. The Balaban J connectivity index is 1.99. The van der Waals surface area contributed by atoms with E-state index in [1.165, 1.54) is 16.8 Å². The van der Waals surface area contributed by atoms with E-state index in [2.05, 4.69) is 47.3 Å². The van der Waals surface area contributed by atoms with Crippen molar-refractivity contribution in [2.24, 2.45) is 0 Å². The normalized spacial score (nSPS) is 16.1. The highest BCUT2D eigenvalue weighted by Gasteiger charge is 2.11. The monoisotopic (exact) mass is 292 g/mol. The van der Waals surface area contributed by atoms with E-state index in [4.69, 9.17) is 4.74 Å². The van der Waals surface area contributed by atoms with E-state index in [-0.39, 0.29) is 0 Å². The zero-order valence-electron chi connectivity index (χ0n) is 12.5. The lowest BCUT2D eigenvalue weighted by atomic mass is 10.1. The van der Waals surface area contributed by atoms with Gasteiger partial charge in [-0.15, -0.1) is 0 Å². The summed E-state index contributed by atoms with van der Waals surface area (Å²) in [4.78, 5) is 2.47. The van der Waals surface area contributed by atoms with Gasteiger partial charge in [-0.1, -0.05) is 30.7 Å². The van der Waals surface area contributed by atoms with Crippen molar-refractivity contribution < 1.29 is 4.74 Å². The molecule has 1 aromatic carbocycles. The number of anilines is 1. The van der Waals surface area contributed by atoms with Gasteiger partial charge in [0.05, 0.1) is 18.9 Å². The number of morpholine rings is 1. The third kappa shape index (κ3) is 4.01. The first kappa shape index (κ1) is 15.4. The van der Waals surface area contributed by atoms with Gasteiger partial charge in [0.15, 0.2) is 0 Å². The van der Waals surface area contributed by atoms with E-state index in [0.717, 1.165) is 39.3 Å². The summed E-state index contributed by atoms with van der Waals surface area (Å²) in [5, 5.41) is 0. The van der Waals surface area contributed by atoms with Gasteiger partial charge >= 0.3 is 0 Å². The summed E-state index contributed by atoms with van der Waals surface area (Å²) in [6.45, 7) is 8.90. The zero-order chi connectivity index (χ0) is 14.4. The lowest BCUT2D eigenvalue weighted by molar-refractivity contribution is 0.0384. The molecule has 20 heavy (non-hydrogen) atoms. The van der Waals surface area contributed by atoms with Gasteiger partial charge in [0.25, 0.3) is 0 Å². The average Bonchev–Trinajstić information content (AvgIpc) is 2.52. The Morgan fingerprint density at radius 2 is 2.15 bits per heavy atom.